The van der Waals surface area contributed by atoms with Gasteiger partial charge in [0, 0.05) is 18.8 Å². The highest BCUT2D eigenvalue weighted by molar-refractivity contribution is 7.89. The van der Waals surface area contributed by atoms with Gasteiger partial charge < -0.3 is 5.32 Å². The predicted octanol–water partition coefficient (Wildman–Crippen LogP) is 1.98. The summed E-state index contributed by atoms with van der Waals surface area (Å²) in [7, 11) is -1.77. The largest absolute Gasteiger partial charge is 0.373 e. The van der Waals surface area contributed by atoms with E-state index in [0.717, 1.165) is 12.8 Å². The second-order valence-corrected chi connectivity index (χ2v) is 6.18. The van der Waals surface area contributed by atoms with E-state index in [4.69, 9.17) is 0 Å². The fraction of sp³-hybridized carbons (Fsp3) is 0.583. The molecule has 0 unspecified atom stereocenters. The van der Waals surface area contributed by atoms with Crippen molar-refractivity contribution in [3.8, 4) is 0 Å². The first kappa shape index (κ1) is 14.9. The maximum atomic E-state index is 12.2. The smallest absolute Gasteiger partial charge is 0.242 e. The quantitative estimate of drug-likeness (QED) is 0.830. The van der Waals surface area contributed by atoms with E-state index in [0.29, 0.717) is 5.82 Å². The van der Waals surface area contributed by atoms with Gasteiger partial charge in [-0.1, -0.05) is 13.8 Å². The van der Waals surface area contributed by atoms with Crippen LogP contribution in [0.2, 0.25) is 0 Å². The molecule has 0 fully saturated rings. The van der Waals surface area contributed by atoms with Crippen LogP contribution in [0.4, 0.5) is 5.82 Å². The molecule has 0 amide bonds. The fourth-order valence-electron chi connectivity index (χ4n) is 1.46. The molecule has 18 heavy (non-hydrogen) atoms. The summed E-state index contributed by atoms with van der Waals surface area (Å²) >= 11 is 0. The van der Waals surface area contributed by atoms with Gasteiger partial charge in [0.15, 0.2) is 0 Å². The molecule has 1 heterocycles. The lowest BCUT2D eigenvalue weighted by Crippen LogP contribution is -2.44. The zero-order valence-electron chi connectivity index (χ0n) is 11.3. The van der Waals surface area contributed by atoms with Crippen molar-refractivity contribution in [2.24, 2.45) is 0 Å². The first-order chi connectivity index (χ1) is 8.37. The van der Waals surface area contributed by atoms with Crippen LogP contribution < -0.4 is 10.0 Å². The van der Waals surface area contributed by atoms with Gasteiger partial charge in [0.2, 0.25) is 10.0 Å². The summed E-state index contributed by atoms with van der Waals surface area (Å²) in [5, 5.41) is 2.85. The molecule has 1 aromatic heterocycles. The van der Waals surface area contributed by atoms with Crippen molar-refractivity contribution in [1.29, 1.82) is 0 Å². The fourth-order valence-corrected chi connectivity index (χ4v) is 2.96. The molecule has 2 N–H and O–H groups in total. The summed E-state index contributed by atoms with van der Waals surface area (Å²) in [6.07, 6.45) is 2.84. The second kappa shape index (κ2) is 5.67. The van der Waals surface area contributed by atoms with E-state index >= 15 is 0 Å². The van der Waals surface area contributed by atoms with Crippen LogP contribution in [-0.2, 0) is 10.0 Å². The first-order valence-corrected chi connectivity index (χ1v) is 7.53. The van der Waals surface area contributed by atoms with Crippen LogP contribution in [0.5, 0.6) is 0 Å². The van der Waals surface area contributed by atoms with Crippen molar-refractivity contribution >= 4 is 15.8 Å². The van der Waals surface area contributed by atoms with E-state index < -0.39 is 15.6 Å². The summed E-state index contributed by atoms with van der Waals surface area (Å²) in [5.41, 5.74) is -0.416. The highest BCUT2D eigenvalue weighted by Crippen LogP contribution is 2.19. The van der Waals surface area contributed by atoms with Gasteiger partial charge in [-0.2, -0.15) is 0 Å². The Labute approximate surface area is 109 Å². The first-order valence-electron chi connectivity index (χ1n) is 6.04. The van der Waals surface area contributed by atoms with Crippen LogP contribution >= 0.6 is 0 Å². The van der Waals surface area contributed by atoms with E-state index in [2.05, 4.69) is 15.0 Å². The maximum Gasteiger partial charge on any atom is 0.242 e. The Balaban J connectivity index is 2.99. The predicted molar refractivity (Wildman–Crippen MR) is 73.1 cm³/mol. The Hall–Kier alpha value is -1.14. The summed E-state index contributed by atoms with van der Waals surface area (Å²) in [4.78, 5) is 4.20. The van der Waals surface area contributed by atoms with Crippen LogP contribution in [0.1, 0.15) is 33.6 Å². The number of rotatable bonds is 6. The van der Waals surface area contributed by atoms with Crippen molar-refractivity contribution in [3.05, 3.63) is 18.3 Å². The molecular formula is C12H21N3O2S. The third kappa shape index (κ3) is 3.43. The van der Waals surface area contributed by atoms with Gasteiger partial charge >= 0.3 is 0 Å². The number of sulfonamides is 1. The number of nitrogens with one attached hydrogen (secondary N) is 2. The number of hydrogen-bond donors (Lipinski definition) is 2. The summed E-state index contributed by atoms with van der Waals surface area (Å²) < 4.78 is 27.1. The van der Waals surface area contributed by atoms with Crippen LogP contribution in [0.15, 0.2) is 23.2 Å². The molecule has 0 saturated heterocycles. The molecule has 0 aliphatic carbocycles. The van der Waals surface area contributed by atoms with Crippen molar-refractivity contribution in [1.82, 2.24) is 9.71 Å². The maximum absolute atomic E-state index is 12.2. The summed E-state index contributed by atoms with van der Waals surface area (Å²) in [6, 6.07) is 3.19. The molecule has 0 radical (unpaired) electrons. The monoisotopic (exact) mass is 271 g/mol. The average Bonchev–Trinajstić information content (AvgIpc) is 2.38. The van der Waals surface area contributed by atoms with Gasteiger partial charge in [-0.25, -0.2) is 18.1 Å². The normalized spacial score (nSPS) is 12.4. The van der Waals surface area contributed by atoms with Crippen molar-refractivity contribution in [2.45, 2.75) is 44.0 Å². The van der Waals surface area contributed by atoms with Gasteiger partial charge in [-0.15, -0.1) is 0 Å². The molecule has 0 saturated carbocycles. The molecule has 6 heteroatoms. The van der Waals surface area contributed by atoms with E-state index in [-0.39, 0.29) is 4.90 Å². The van der Waals surface area contributed by atoms with E-state index in [1.165, 1.54) is 6.20 Å². The average molecular weight is 271 g/mol. The minimum atomic E-state index is -3.51. The number of nitrogens with zero attached hydrogens (tertiary/aromatic N) is 1. The summed E-state index contributed by atoms with van der Waals surface area (Å²) in [6.45, 7) is 5.84. The molecular weight excluding hydrogens is 250 g/mol. The van der Waals surface area contributed by atoms with Crippen LogP contribution in [-0.4, -0.2) is 26.0 Å². The summed E-state index contributed by atoms with van der Waals surface area (Å²) in [5.74, 6) is 0.641. The van der Waals surface area contributed by atoms with Gasteiger partial charge in [0.1, 0.15) is 10.7 Å². The minimum Gasteiger partial charge on any atom is -0.373 e. The molecule has 0 aromatic carbocycles. The van der Waals surface area contributed by atoms with Crippen molar-refractivity contribution in [3.63, 3.8) is 0 Å². The van der Waals surface area contributed by atoms with Crippen LogP contribution in [0, 0.1) is 0 Å². The Morgan fingerprint density at radius 3 is 2.28 bits per heavy atom. The molecule has 1 rings (SSSR count). The highest BCUT2D eigenvalue weighted by Gasteiger charge is 2.27. The van der Waals surface area contributed by atoms with Gasteiger partial charge in [0.25, 0.3) is 0 Å². The number of hydrogen-bond acceptors (Lipinski definition) is 4. The number of aromatic nitrogens is 1. The molecule has 1 aromatic rings. The lowest BCUT2D eigenvalue weighted by Gasteiger charge is -2.27. The standard InChI is InChI=1S/C12H21N3O2S/c1-5-12(3,6-2)15-18(16,17)10-7-8-11(13-4)14-9-10/h7-9,15H,5-6H2,1-4H3,(H,13,14). The lowest BCUT2D eigenvalue weighted by molar-refractivity contribution is 0.388. The number of pyridine rings is 1. The zero-order valence-corrected chi connectivity index (χ0v) is 12.1. The minimum absolute atomic E-state index is 0.189. The van der Waals surface area contributed by atoms with Crippen LogP contribution in [0.3, 0.4) is 0 Å². The Morgan fingerprint density at radius 2 is 1.89 bits per heavy atom. The van der Waals surface area contributed by atoms with E-state index in [1.54, 1.807) is 19.2 Å². The third-order valence-electron chi connectivity index (χ3n) is 3.24. The van der Waals surface area contributed by atoms with E-state index in [1.807, 2.05) is 20.8 Å². The van der Waals surface area contributed by atoms with E-state index in [9.17, 15) is 8.42 Å². The van der Waals surface area contributed by atoms with Gasteiger partial charge in [-0.3, -0.25) is 0 Å². The molecule has 5 nitrogen and oxygen atoms in total. The molecule has 0 aliphatic rings. The van der Waals surface area contributed by atoms with Crippen molar-refractivity contribution < 1.29 is 8.42 Å². The van der Waals surface area contributed by atoms with Crippen LogP contribution in [0.25, 0.3) is 0 Å². The Morgan fingerprint density at radius 1 is 1.28 bits per heavy atom. The Bertz CT molecular complexity index is 479. The lowest BCUT2D eigenvalue weighted by atomic mass is 9.98. The molecule has 0 atom stereocenters. The third-order valence-corrected chi connectivity index (χ3v) is 4.87. The van der Waals surface area contributed by atoms with Crippen molar-refractivity contribution in [2.75, 3.05) is 12.4 Å². The second-order valence-electron chi connectivity index (χ2n) is 4.50. The Kier molecular flexibility index (Phi) is 4.70. The number of anilines is 1. The molecule has 0 spiro atoms. The highest BCUT2D eigenvalue weighted by atomic mass is 32.2. The molecule has 102 valence electrons. The molecule has 0 bridgehead atoms. The van der Waals surface area contributed by atoms with Gasteiger partial charge in [-0.05, 0) is 31.9 Å². The zero-order chi connectivity index (χ0) is 13.8. The molecule has 0 aliphatic heterocycles. The van der Waals surface area contributed by atoms with Gasteiger partial charge in [0.05, 0.1) is 0 Å². The topological polar surface area (TPSA) is 71.1 Å². The SMILES string of the molecule is CCC(C)(CC)NS(=O)(=O)c1ccc(NC)nc1.